The predicted molar refractivity (Wildman–Crippen MR) is 57.5 cm³/mol. The van der Waals surface area contributed by atoms with E-state index >= 15 is 0 Å². The number of hydrogen-bond acceptors (Lipinski definition) is 2. The Kier molecular flexibility index (Phi) is 2.27. The van der Waals surface area contributed by atoms with Crippen LogP contribution in [-0.2, 0) is 4.79 Å². The highest BCUT2D eigenvalue weighted by atomic mass is 32.1. The molecule has 0 bridgehead atoms. The van der Waals surface area contributed by atoms with Gasteiger partial charge in [-0.3, -0.25) is 4.79 Å². The summed E-state index contributed by atoms with van der Waals surface area (Å²) in [5.74, 6) is 0.341. The van der Waals surface area contributed by atoms with Crippen LogP contribution in [0.2, 0.25) is 0 Å². The van der Waals surface area contributed by atoms with Crippen molar-refractivity contribution < 1.29 is 4.79 Å². The molecule has 1 unspecified atom stereocenters. The maximum atomic E-state index is 11.7. The zero-order chi connectivity index (χ0) is 10.4. The summed E-state index contributed by atoms with van der Waals surface area (Å²) in [6.07, 6.45) is 0. The van der Waals surface area contributed by atoms with Crippen LogP contribution in [-0.4, -0.2) is 10.9 Å². The van der Waals surface area contributed by atoms with Crippen LogP contribution in [0.15, 0.2) is 0 Å². The average Bonchev–Trinajstić information content (AvgIpc) is 1.81. The predicted octanol–water partition coefficient (Wildman–Crippen LogP) is 2.13. The lowest BCUT2D eigenvalue weighted by Crippen LogP contribution is -2.70. The summed E-state index contributed by atoms with van der Waals surface area (Å²) in [5, 5.41) is 2.68. The molecule has 0 aromatic rings. The van der Waals surface area contributed by atoms with Gasteiger partial charge >= 0.3 is 0 Å². The fraction of sp³-hybridized carbons (Fsp3) is 0.800. The van der Waals surface area contributed by atoms with E-state index in [-0.39, 0.29) is 17.2 Å². The van der Waals surface area contributed by atoms with Gasteiger partial charge in [-0.1, -0.05) is 46.8 Å². The Balaban J connectivity index is 3.17. The number of carbonyl (C=O) groups is 1. The molecule has 0 aromatic heterocycles. The monoisotopic (exact) mass is 199 g/mol. The van der Waals surface area contributed by atoms with Crippen molar-refractivity contribution in [1.29, 1.82) is 0 Å². The second-order valence-electron chi connectivity index (χ2n) is 5.00. The van der Waals surface area contributed by atoms with Crippen molar-refractivity contribution in [2.75, 3.05) is 0 Å². The fourth-order valence-corrected chi connectivity index (χ4v) is 3.14. The maximum Gasteiger partial charge on any atom is 0.238 e. The summed E-state index contributed by atoms with van der Waals surface area (Å²) < 4.78 is 0. The molecular weight excluding hydrogens is 182 g/mol. The zero-order valence-electron chi connectivity index (χ0n) is 8.89. The molecule has 1 aliphatic rings. The number of rotatable bonds is 1. The first-order valence-corrected chi connectivity index (χ1v) is 5.01. The van der Waals surface area contributed by atoms with Gasteiger partial charge in [-0.05, 0) is 11.3 Å². The zero-order valence-corrected chi connectivity index (χ0v) is 9.71. The van der Waals surface area contributed by atoms with Crippen molar-refractivity contribution in [3.63, 3.8) is 0 Å². The number of amides is 1. The molecule has 1 amide bonds. The third kappa shape index (κ3) is 1.13. The molecule has 1 heterocycles. The van der Waals surface area contributed by atoms with Crippen LogP contribution in [0.4, 0.5) is 0 Å². The summed E-state index contributed by atoms with van der Waals surface area (Å²) in [4.78, 5) is 12.4. The van der Waals surface area contributed by atoms with Crippen LogP contribution < -0.4 is 5.32 Å². The Morgan fingerprint density at radius 3 is 1.92 bits per heavy atom. The van der Waals surface area contributed by atoms with E-state index in [1.165, 1.54) is 0 Å². The first kappa shape index (κ1) is 10.6. The second kappa shape index (κ2) is 2.77. The molecule has 0 spiro atoms. The number of carbonyl (C=O) groups excluding carboxylic acids is 1. The van der Waals surface area contributed by atoms with E-state index in [1.54, 1.807) is 0 Å². The van der Waals surface area contributed by atoms with E-state index in [9.17, 15) is 4.79 Å². The van der Waals surface area contributed by atoms with E-state index < -0.39 is 5.41 Å². The van der Waals surface area contributed by atoms with Crippen LogP contribution in [0.3, 0.4) is 0 Å². The largest absolute Gasteiger partial charge is 0.319 e. The van der Waals surface area contributed by atoms with Crippen LogP contribution >= 0.6 is 12.2 Å². The maximum absolute atomic E-state index is 11.7. The first-order chi connectivity index (χ1) is 5.74. The summed E-state index contributed by atoms with van der Waals surface area (Å²) >= 11 is 5.19. The quantitative estimate of drug-likeness (QED) is 0.518. The highest BCUT2D eigenvalue weighted by Crippen LogP contribution is 2.49. The van der Waals surface area contributed by atoms with Crippen LogP contribution in [0.5, 0.6) is 0 Å². The van der Waals surface area contributed by atoms with Gasteiger partial charge in [0, 0.05) is 0 Å². The first-order valence-electron chi connectivity index (χ1n) is 4.60. The number of thiocarbonyl (C=S) groups is 1. The van der Waals surface area contributed by atoms with Crippen LogP contribution in [0.25, 0.3) is 0 Å². The minimum absolute atomic E-state index is 0.0833. The lowest BCUT2D eigenvalue weighted by atomic mass is 9.56. The highest BCUT2D eigenvalue weighted by molar-refractivity contribution is 7.80. The molecule has 13 heavy (non-hydrogen) atoms. The third-order valence-electron chi connectivity index (χ3n) is 2.99. The minimum atomic E-state index is -0.442. The van der Waals surface area contributed by atoms with Gasteiger partial charge in [0.25, 0.3) is 0 Å². The average molecular weight is 199 g/mol. The summed E-state index contributed by atoms with van der Waals surface area (Å²) in [6.45, 7) is 10.3. The van der Waals surface area contributed by atoms with Crippen molar-refractivity contribution in [3.05, 3.63) is 0 Å². The highest BCUT2D eigenvalue weighted by Gasteiger charge is 2.60. The molecule has 3 heteroatoms. The third-order valence-corrected chi connectivity index (χ3v) is 3.42. The SMILES string of the molecule is CC(C)C1(C(C)(C)C)C(=O)NC1=S. The summed E-state index contributed by atoms with van der Waals surface area (Å²) in [6, 6.07) is 0. The molecule has 1 fully saturated rings. The molecular formula is C10H17NOS. The molecule has 0 aliphatic carbocycles. The fourth-order valence-electron chi connectivity index (χ4n) is 2.41. The number of nitrogens with one attached hydrogen (secondary N) is 1. The van der Waals surface area contributed by atoms with Crippen LogP contribution in [0, 0.1) is 16.7 Å². The van der Waals surface area contributed by atoms with Crippen molar-refractivity contribution >= 4 is 23.1 Å². The molecule has 2 nitrogen and oxygen atoms in total. The smallest absolute Gasteiger partial charge is 0.238 e. The molecule has 0 saturated carbocycles. The van der Waals surface area contributed by atoms with Crippen LogP contribution in [0.1, 0.15) is 34.6 Å². The van der Waals surface area contributed by atoms with E-state index in [2.05, 4.69) is 39.9 Å². The van der Waals surface area contributed by atoms with E-state index in [1.807, 2.05) is 0 Å². The van der Waals surface area contributed by atoms with Gasteiger partial charge in [-0.15, -0.1) is 0 Å². The van der Waals surface area contributed by atoms with Gasteiger partial charge in [0.2, 0.25) is 5.91 Å². The lowest BCUT2D eigenvalue weighted by molar-refractivity contribution is -0.138. The molecule has 1 aliphatic heterocycles. The Bertz CT molecular complexity index is 249. The molecule has 1 atom stereocenters. The van der Waals surface area contributed by atoms with E-state index in [0.29, 0.717) is 4.99 Å². The van der Waals surface area contributed by atoms with Crippen molar-refractivity contribution in [3.8, 4) is 0 Å². The van der Waals surface area contributed by atoms with Gasteiger partial charge in [-0.25, -0.2) is 0 Å². The van der Waals surface area contributed by atoms with Crippen molar-refractivity contribution in [2.45, 2.75) is 34.6 Å². The lowest BCUT2D eigenvalue weighted by Gasteiger charge is -2.53. The van der Waals surface area contributed by atoms with E-state index in [4.69, 9.17) is 12.2 Å². The molecule has 74 valence electrons. The molecule has 1 rings (SSSR count). The minimum Gasteiger partial charge on any atom is -0.319 e. The van der Waals surface area contributed by atoms with Gasteiger partial charge in [0.15, 0.2) is 0 Å². The van der Waals surface area contributed by atoms with Crippen molar-refractivity contribution in [2.24, 2.45) is 16.7 Å². The summed E-state index contributed by atoms with van der Waals surface area (Å²) in [5.41, 5.74) is -0.539. The Morgan fingerprint density at radius 2 is 1.85 bits per heavy atom. The Hall–Kier alpha value is -0.440. The van der Waals surface area contributed by atoms with Gasteiger partial charge in [0.1, 0.15) is 5.41 Å². The van der Waals surface area contributed by atoms with Crippen molar-refractivity contribution in [1.82, 2.24) is 5.32 Å². The van der Waals surface area contributed by atoms with E-state index in [0.717, 1.165) is 0 Å². The van der Waals surface area contributed by atoms with Gasteiger partial charge < -0.3 is 5.32 Å². The normalized spacial score (nSPS) is 28.8. The summed E-state index contributed by atoms with van der Waals surface area (Å²) in [7, 11) is 0. The Labute approximate surface area is 85.1 Å². The standard InChI is InChI=1S/C10H17NOS/c1-6(2)10(9(3,4)5)7(12)11-8(10)13/h6H,1-5H3,(H,11,12,13). The van der Waals surface area contributed by atoms with Gasteiger partial charge in [0.05, 0.1) is 4.99 Å². The topological polar surface area (TPSA) is 29.1 Å². The Morgan fingerprint density at radius 1 is 1.38 bits per heavy atom. The number of hydrogen-bond donors (Lipinski definition) is 1. The molecule has 1 N–H and O–H groups in total. The molecule has 0 aromatic carbocycles. The second-order valence-corrected chi connectivity index (χ2v) is 5.40. The number of β-lactam (4-membered cyclic amide) rings is 1. The molecule has 0 radical (unpaired) electrons. The van der Waals surface area contributed by atoms with Gasteiger partial charge in [-0.2, -0.15) is 0 Å². The molecule has 1 saturated heterocycles.